The smallest absolute Gasteiger partial charge is 0.326 e. The van der Waals surface area contributed by atoms with Crippen LogP contribution >= 0.6 is 34.8 Å². The summed E-state index contributed by atoms with van der Waals surface area (Å²) in [7, 11) is 2.91. The fourth-order valence-electron chi connectivity index (χ4n) is 2.77. The van der Waals surface area contributed by atoms with Crippen LogP contribution in [0, 0.1) is 0 Å². The van der Waals surface area contributed by atoms with Gasteiger partial charge in [0.15, 0.2) is 5.65 Å². The molecule has 3 aromatic rings. The van der Waals surface area contributed by atoms with E-state index in [-0.39, 0.29) is 22.7 Å². The third-order valence-corrected chi connectivity index (χ3v) is 4.90. The molecule has 2 heterocycles. The van der Waals surface area contributed by atoms with Crippen LogP contribution in [-0.2, 0) is 20.6 Å². The summed E-state index contributed by atoms with van der Waals surface area (Å²) in [6.45, 7) is 0.0437. The van der Waals surface area contributed by atoms with E-state index in [1.165, 1.54) is 18.7 Å². The van der Waals surface area contributed by atoms with Crippen molar-refractivity contribution < 1.29 is 0 Å². The minimum absolute atomic E-state index is 0.0437. The Bertz CT molecular complexity index is 1140. The maximum atomic E-state index is 12.8. The monoisotopic (exact) mass is 398 g/mol. The Balaban J connectivity index is 2.65. The number of hydrogen-bond acceptors (Lipinski definition) is 4. The molecule has 0 amide bonds. The maximum Gasteiger partial charge on any atom is 0.332 e. The van der Waals surface area contributed by atoms with Crippen molar-refractivity contribution in [2.24, 2.45) is 19.8 Å². The van der Waals surface area contributed by atoms with Crippen LogP contribution < -0.4 is 17.0 Å². The van der Waals surface area contributed by atoms with E-state index >= 15 is 0 Å². The van der Waals surface area contributed by atoms with Gasteiger partial charge in [0.05, 0.1) is 5.39 Å². The van der Waals surface area contributed by atoms with Crippen molar-refractivity contribution in [1.82, 2.24) is 14.1 Å². The van der Waals surface area contributed by atoms with Gasteiger partial charge in [-0.15, -0.1) is 0 Å². The SMILES string of the molecule is Cn1c(=O)c2c(-c3ccc(Cl)cc3Cl)c(CN)c(Cl)nc2n(C)c1=O. The molecule has 0 atom stereocenters. The average molecular weight is 400 g/mol. The van der Waals surface area contributed by atoms with Gasteiger partial charge in [0.2, 0.25) is 0 Å². The number of halogens is 3. The summed E-state index contributed by atoms with van der Waals surface area (Å²) in [5.41, 5.74) is 6.46. The molecule has 9 heteroatoms. The zero-order valence-electron chi connectivity index (χ0n) is 13.3. The molecule has 2 aromatic heterocycles. The van der Waals surface area contributed by atoms with Crippen LogP contribution in [0.2, 0.25) is 15.2 Å². The Labute approximate surface area is 157 Å². The third-order valence-electron chi connectivity index (χ3n) is 4.04. The standard InChI is InChI=1S/C16H13Cl3N4O2/c1-22-14-12(15(24)23(2)16(22)25)11(9(6-20)13(19)21-14)8-4-3-7(17)5-10(8)18/h3-5H,6,20H2,1-2H3. The fraction of sp³-hybridized carbons (Fsp3) is 0.188. The van der Waals surface area contributed by atoms with Crippen molar-refractivity contribution >= 4 is 45.8 Å². The van der Waals surface area contributed by atoms with Crippen LogP contribution in [0.1, 0.15) is 5.56 Å². The molecular weight excluding hydrogens is 387 g/mol. The number of pyridine rings is 1. The van der Waals surface area contributed by atoms with E-state index in [0.29, 0.717) is 26.7 Å². The van der Waals surface area contributed by atoms with E-state index in [1.54, 1.807) is 18.2 Å². The van der Waals surface area contributed by atoms with Crippen molar-refractivity contribution in [3.63, 3.8) is 0 Å². The minimum atomic E-state index is -0.505. The predicted molar refractivity (Wildman–Crippen MR) is 101 cm³/mol. The Morgan fingerprint density at radius 3 is 2.40 bits per heavy atom. The van der Waals surface area contributed by atoms with Gasteiger partial charge in [-0.05, 0) is 12.1 Å². The fourth-order valence-corrected chi connectivity index (χ4v) is 3.53. The van der Waals surface area contributed by atoms with Crippen molar-refractivity contribution in [2.75, 3.05) is 0 Å². The molecule has 0 fully saturated rings. The number of fused-ring (bicyclic) bond motifs is 1. The second-order valence-electron chi connectivity index (χ2n) is 5.49. The molecule has 6 nitrogen and oxygen atoms in total. The molecular formula is C16H13Cl3N4O2. The quantitative estimate of drug-likeness (QED) is 0.672. The highest BCUT2D eigenvalue weighted by molar-refractivity contribution is 6.37. The van der Waals surface area contributed by atoms with Crippen molar-refractivity contribution in [3.8, 4) is 11.1 Å². The molecule has 0 spiro atoms. The zero-order valence-corrected chi connectivity index (χ0v) is 15.6. The van der Waals surface area contributed by atoms with Gasteiger partial charge in [0.1, 0.15) is 5.15 Å². The van der Waals surface area contributed by atoms with Crippen LogP contribution in [0.25, 0.3) is 22.2 Å². The summed E-state index contributed by atoms with van der Waals surface area (Å²) in [5.74, 6) is 0. The lowest BCUT2D eigenvalue weighted by atomic mass is 9.98. The average Bonchev–Trinajstić information content (AvgIpc) is 2.57. The van der Waals surface area contributed by atoms with Gasteiger partial charge in [-0.3, -0.25) is 13.9 Å². The molecule has 0 aliphatic carbocycles. The van der Waals surface area contributed by atoms with Gasteiger partial charge in [0.25, 0.3) is 5.56 Å². The second kappa shape index (κ2) is 6.46. The summed E-state index contributed by atoms with van der Waals surface area (Å²) in [5, 5.41) is 1.12. The molecule has 0 saturated carbocycles. The van der Waals surface area contributed by atoms with Gasteiger partial charge in [-0.2, -0.15) is 0 Å². The van der Waals surface area contributed by atoms with Crippen molar-refractivity contribution in [2.45, 2.75) is 6.54 Å². The Kier molecular flexibility index (Phi) is 4.64. The predicted octanol–water partition coefficient (Wildman–Crippen LogP) is 2.72. The number of nitrogens with zero attached hydrogens (tertiary/aromatic N) is 3. The Morgan fingerprint density at radius 2 is 1.80 bits per heavy atom. The first-order chi connectivity index (χ1) is 11.8. The molecule has 0 unspecified atom stereocenters. The summed E-state index contributed by atoms with van der Waals surface area (Å²) >= 11 is 18.6. The molecule has 25 heavy (non-hydrogen) atoms. The molecule has 2 N–H and O–H groups in total. The van der Waals surface area contributed by atoms with Gasteiger partial charge >= 0.3 is 5.69 Å². The normalized spacial score (nSPS) is 11.3. The number of aromatic nitrogens is 3. The van der Waals surface area contributed by atoms with Crippen LogP contribution in [0.5, 0.6) is 0 Å². The van der Waals surface area contributed by atoms with Crippen LogP contribution in [0.3, 0.4) is 0 Å². The highest BCUT2D eigenvalue weighted by Gasteiger charge is 2.22. The summed E-state index contributed by atoms with van der Waals surface area (Å²) in [4.78, 5) is 29.2. The maximum absolute atomic E-state index is 12.8. The molecule has 130 valence electrons. The first-order valence-electron chi connectivity index (χ1n) is 7.21. The number of benzene rings is 1. The van der Waals surface area contributed by atoms with E-state index in [9.17, 15) is 9.59 Å². The van der Waals surface area contributed by atoms with E-state index in [4.69, 9.17) is 40.5 Å². The first-order valence-corrected chi connectivity index (χ1v) is 8.34. The lowest BCUT2D eigenvalue weighted by Gasteiger charge is -2.16. The number of rotatable bonds is 2. The third kappa shape index (κ3) is 2.75. The zero-order chi connectivity index (χ0) is 18.5. The van der Waals surface area contributed by atoms with E-state index in [0.717, 1.165) is 4.57 Å². The Morgan fingerprint density at radius 1 is 1.12 bits per heavy atom. The van der Waals surface area contributed by atoms with E-state index in [1.807, 2.05) is 0 Å². The van der Waals surface area contributed by atoms with Gasteiger partial charge in [0, 0.05) is 47.4 Å². The van der Waals surface area contributed by atoms with Gasteiger partial charge in [-0.1, -0.05) is 40.9 Å². The van der Waals surface area contributed by atoms with Gasteiger partial charge in [-0.25, -0.2) is 9.78 Å². The summed E-state index contributed by atoms with van der Waals surface area (Å²) in [6, 6.07) is 4.89. The molecule has 0 radical (unpaired) electrons. The number of aryl methyl sites for hydroxylation is 1. The van der Waals surface area contributed by atoms with Crippen LogP contribution in [0.15, 0.2) is 27.8 Å². The van der Waals surface area contributed by atoms with E-state index in [2.05, 4.69) is 4.98 Å². The summed E-state index contributed by atoms with van der Waals surface area (Å²) in [6.07, 6.45) is 0. The summed E-state index contributed by atoms with van der Waals surface area (Å²) < 4.78 is 2.27. The lowest BCUT2D eigenvalue weighted by Crippen LogP contribution is -2.37. The van der Waals surface area contributed by atoms with Crippen molar-refractivity contribution in [1.29, 1.82) is 0 Å². The topological polar surface area (TPSA) is 82.9 Å². The van der Waals surface area contributed by atoms with Crippen LogP contribution in [0.4, 0.5) is 0 Å². The molecule has 0 saturated heterocycles. The van der Waals surface area contributed by atoms with Crippen molar-refractivity contribution in [3.05, 3.63) is 59.8 Å². The lowest BCUT2D eigenvalue weighted by molar-refractivity contribution is 0.707. The first kappa shape index (κ1) is 17.9. The molecule has 0 aliphatic rings. The highest BCUT2D eigenvalue weighted by atomic mass is 35.5. The Hall–Kier alpha value is -1.86. The minimum Gasteiger partial charge on any atom is -0.326 e. The van der Waals surface area contributed by atoms with E-state index < -0.39 is 11.2 Å². The number of hydrogen-bond donors (Lipinski definition) is 1. The largest absolute Gasteiger partial charge is 0.332 e. The molecule has 0 aliphatic heterocycles. The second-order valence-corrected chi connectivity index (χ2v) is 6.69. The molecule has 1 aromatic carbocycles. The highest BCUT2D eigenvalue weighted by Crippen LogP contribution is 2.37. The van der Waals surface area contributed by atoms with Gasteiger partial charge < -0.3 is 5.73 Å². The number of nitrogens with two attached hydrogens (primary N) is 1. The molecule has 3 rings (SSSR count). The molecule has 0 bridgehead atoms. The van der Waals surface area contributed by atoms with Crippen LogP contribution in [-0.4, -0.2) is 14.1 Å².